The van der Waals surface area contributed by atoms with Crippen molar-refractivity contribution in [3.63, 3.8) is 0 Å². The van der Waals surface area contributed by atoms with Gasteiger partial charge in [0.15, 0.2) is 0 Å². The van der Waals surface area contributed by atoms with Crippen LogP contribution >= 0.6 is 11.3 Å². The Labute approximate surface area is 102 Å². The molecule has 1 fully saturated rings. The zero-order chi connectivity index (χ0) is 11.5. The van der Waals surface area contributed by atoms with Gasteiger partial charge in [0.05, 0.1) is 6.04 Å². The van der Waals surface area contributed by atoms with Gasteiger partial charge in [0.1, 0.15) is 0 Å². The number of rotatable bonds is 4. The van der Waals surface area contributed by atoms with Crippen molar-refractivity contribution in [3.8, 4) is 0 Å². The predicted octanol–water partition coefficient (Wildman–Crippen LogP) is 2.79. The van der Waals surface area contributed by atoms with Gasteiger partial charge in [0, 0.05) is 22.3 Å². The number of thiophene rings is 1. The Hall–Kier alpha value is -0.380. The lowest BCUT2D eigenvalue weighted by molar-refractivity contribution is 0.198. The van der Waals surface area contributed by atoms with Crippen LogP contribution in [-0.4, -0.2) is 24.0 Å². The molecule has 0 spiro atoms. The second-order valence-corrected chi connectivity index (χ2v) is 5.84. The number of aryl methyl sites for hydroxylation is 1. The molecule has 2 rings (SSSR count). The van der Waals surface area contributed by atoms with E-state index in [-0.39, 0.29) is 0 Å². The van der Waals surface area contributed by atoms with Crippen LogP contribution in [0.5, 0.6) is 0 Å². The highest BCUT2D eigenvalue weighted by molar-refractivity contribution is 7.12. The summed E-state index contributed by atoms with van der Waals surface area (Å²) in [6.45, 7) is 6.49. The van der Waals surface area contributed by atoms with Crippen LogP contribution in [0.2, 0.25) is 0 Å². The van der Waals surface area contributed by atoms with Crippen LogP contribution < -0.4 is 5.73 Å². The zero-order valence-corrected chi connectivity index (χ0v) is 11.1. The van der Waals surface area contributed by atoms with Crippen LogP contribution in [0.4, 0.5) is 0 Å². The molecule has 2 heterocycles. The summed E-state index contributed by atoms with van der Waals surface area (Å²) in [5.74, 6) is 0. The molecule has 2 N–H and O–H groups in total. The minimum atomic E-state index is 0.447. The van der Waals surface area contributed by atoms with Crippen LogP contribution in [0.3, 0.4) is 0 Å². The molecule has 0 aromatic carbocycles. The fourth-order valence-corrected chi connectivity index (χ4v) is 3.68. The highest BCUT2D eigenvalue weighted by atomic mass is 32.1. The van der Waals surface area contributed by atoms with E-state index in [0.717, 1.165) is 13.0 Å². The Bertz CT molecular complexity index is 334. The predicted molar refractivity (Wildman–Crippen MR) is 70.9 cm³/mol. The lowest BCUT2D eigenvalue weighted by Gasteiger charge is -2.29. The van der Waals surface area contributed by atoms with Gasteiger partial charge in [-0.05, 0) is 44.9 Å². The van der Waals surface area contributed by atoms with E-state index < -0.39 is 0 Å². The van der Waals surface area contributed by atoms with E-state index in [1.807, 2.05) is 11.3 Å². The van der Waals surface area contributed by atoms with Gasteiger partial charge >= 0.3 is 0 Å². The van der Waals surface area contributed by atoms with Gasteiger partial charge in [0.2, 0.25) is 0 Å². The van der Waals surface area contributed by atoms with E-state index in [4.69, 9.17) is 5.73 Å². The van der Waals surface area contributed by atoms with Gasteiger partial charge in [-0.25, -0.2) is 0 Å². The van der Waals surface area contributed by atoms with Crippen molar-refractivity contribution in [1.29, 1.82) is 0 Å². The first-order valence-corrected chi connectivity index (χ1v) is 7.12. The number of hydrogen-bond donors (Lipinski definition) is 1. The summed E-state index contributed by atoms with van der Waals surface area (Å²) in [5.41, 5.74) is 5.96. The number of nitrogens with zero attached hydrogens (tertiary/aromatic N) is 1. The highest BCUT2D eigenvalue weighted by Crippen LogP contribution is 2.32. The summed E-state index contributed by atoms with van der Waals surface area (Å²) >= 11 is 1.93. The molecular weight excluding hydrogens is 216 g/mol. The van der Waals surface area contributed by atoms with Crippen LogP contribution in [0.15, 0.2) is 12.1 Å². The first kappa shape index (κ1) is 12.1. The molecule has 1 aliphatic heterocycles. The first-order valence-electron chi connectivity index (χ1n) is 6.30. The summed E-state index contributed by atoms with van der Waals surface area (Å²) in [4.78, 5) is 5.50. The Morgan fingerprint density at radius 2 is 2.38 bits per heavy atom. The monoisotopic (exact) mass is 238 g/mol. The van der Waals surface area contributed by atoms with Crippen LogP contribution in [0, 0.1) is 0 Å². The van der Waals surface area contributed by atoms with Gasteiger partial charge in [-0.3, -0.25) is 4.90 Å². The Balaban J connectivity index is 2.15. The van der Waals surface area contributed by atoms with E-state index in [1.165, 1.54) is 29.1 Å². The average Bonchev–Trinajstić information content (AvgIpc) is 2.90. The van der Waals surface area contributed by atoms with Gasteiger partial charge in [-0.15, -0.1) is 11.3 Å². The summed E-state index contributed by atoms with van der Waals surface area (Å²) in [7, 11) is 0. The molecule has 0 bridgehead atoms. The quantitative estimate of drug-likeness (QED) is 0.874. The van der Waals surface area contributed by atoms with Crippen molar-refractivity contribution in [1.82, 2.24) is 4.90 Å². The van der Waals surface area contributed by atoms with E-state index in [1.54, 1.807) is 0 Å². The molecule has 2 atom stereocenters. The Morgan fingerprint density at radius 1 is 1.56 bits per heavy atom. The fourth-order valence-electron chi connectivity index (χ4n) is 2.60. The molecule has 0 saturated carbocycles. The normalized spacial score (nSPS) is 23.8. The minimum Gasteiger partial charge on any atom is -0.329 e. The van der Waals surface area contributed by atoms with Crippen molar-refractivity contribution in [2.24, 2.45) is 5.73 Å². The standard InChI is InChI=1S/C13H22N2S/c1-3-11-6-7-13(16-11)12(9-14)15-8-4-5-10(15)2/h6-7,10,12H,3-5,8-9,14H2,1-2H3. The summed E-state index contributed by atoms with van der Waals surface area (Å²) < 4.78 is 0. The lowest BCUT2D eigenvalue weighted by atomic mass is 10.1. The van der Waals surface area contributed by atoms with Gasteiger partial charge in [-0.1, -0.05) is 6.92 Å². The number of likely N-dealkylation sites (tertiary alicyclic amines) is 1. The molecule has 1 aliphatic rings. The summed E-state index contributed by atoms with van der Waals surface area (Å²) in [5, 5.41) is 0. The third kappa shape index (κ3) is 2.31. The average molecular weight is 238 g/mol. The molecule has 2 unspecified atom stereocenters. The van der Waals surface area contributed by atoms with Crippen molar-refractivity contribution in [2.75, 3.05) is 13.1 Å². The first-order chi connectivity index (χ1) is 7.76. The maximum atomic E-state index is 5.96. The highest BCUT2D eigenvalue weighted by Gasteiger charge is 2.28. The molecule has 1 aromatic heterocycles. The van der Waals surface area contributed by atoms with Gasteiger partial charge in [0.25, 0.3) is 0 Å². The van der Waals surface area contributed by atoms with Gasteiger partial charge < -0.3 is 5.73 Å². The van der Waals surface area contributed by atoms with E-state index >= 15 is 0 Å². The maximum absolute atomic E-state index is 5.96. The third-order valence-corrected chi connectivity index (χ3v) is 4.92. The molecule has 3 heteroatoms. The molecule has 0 amide bonds. The molecule has 0 radical (unpaired) electrons. The second-order valence-electron chi connectivity index (χ2n) is 4.64. The topological polar surface area (TPSA) is 29.3 Å². The third-order valence-electron chi connectivity index (χ3n) is 3.59. The SMILES string of the molecule is CCc1ccc(C(CN)N2CCCC2C)s1. The number of hydrogen-bond acceptors (Lipinski definition) is 3. The lowest BCUT2D eigenvalue weighted by Crippen LogP contribution is -2.35. The van der Waals surface area contributed by atoms with Crippen molar-refractivity contribution >= 4 is 11.3 Å². The molecular formula is C13H22N2S. The molecule has 90 valence electrons. The second kappa shape index (κ2) is 5.30. The number of nitrogens with two attached hydrogens (primary N) is 1. The van der Waals surface area contributed by atoms with Gasteiger partial charge in [-0.2, -0.15) is 0 Å². The largest absolute Gasteiger partial charge is 0.329 e. The Kier molecular flexibility index (Phi) is 4.00. The van der Waals surface area contributed by atoms with E-state index in [2.05, 4.69) is 30.9 Å². The fraction of sp³-hybridized carbons (Fsp3) is 0.692. The van der Waals surface area contributed by atoms with Crippen LogP contribution in [-0.2, 0) is 6.42 Å². The van der Waals surface area contributed by atoms with Crippen LogP contribution in [0.1, 0.15) is 42.5 Å². The Morgan fingerprint density at radius 3 is 2.88 bits per heavy atom. The molecule has 1 saturated heterocycles. The zero-order valence-electron chi connectivity index (χ0n) is 10.3. The maximum Gasteiger partial charge on any atom is 0.0566 e. The van der Waals surface area contributed by atoms with E-state index in [0.29, 0.717) is 12.1 Å². The van der Waals surface area contributed by atoms with E-state index in [9.17, 15) is 0 Å². The molecule has 16 heavy (non-hydrogen) atoms. The van der Waals surface area contributed by atoms with Crippen molar-refractivity contribution < 1.29 is 0 Å². The van der Waals surface area contributed by atoms with Crippen LogP contribution in [0.25, 0.3) is 0 Å². The molecule has 2 nitrogen and oxygen atoms in total. The smallest absolute Gasteiger partial charge is 0.0566 e. The summed E-state index contributed by atoms with van der Waals surface area (Å²) in [6, 6.07) is 5.67. The molecule has 0 aliphatic carbocycles. The van der Waals surface area contributed by atoms with Crippen molar-refractivity contribution in [3.05, 3.63) is 21.9 Å². The minimum absolute atomic E-state index is 0.447. The van der Waals surface area contributed by atoms with Crippen molar-refractivity contribution in [2.45, 2.75) is 45.2 Å². The summed E-state index contributed by atoms with van der Waals surface area (Å²) in [6.07, 6.45) is 3.78. The molecule has 1 aromatic rings.